The molecule has 276 valence electrons. The van der Waals surface area contributed by atoms with E-state index in [0.717, 1.165) is 30.9 Å². The maximum atomic E-state index is 5.61. The molecule has 2 aliphatic carbocycles. The lowest BCUT2D eigenvalue weighted by molar-refractivity contribution is 0.717. The summed E-state index contributed by atoms with van der Waals surface area (Å²) in [5.74, 6) is 0.889. The second-order valence-electron chi connectivity index (χ2n) is 16.6. The Morgan fingerprint density at radius 2 is 1.22 bits per heavy atom. The number of para-hydroxylation sites is 3. The van der Waals surface area contributed by atoms with Crippen LogP contribution < -0.4 is 5.32 Å². The van der Waals surface area contributed by atoms with Gasteiger partial charge in [0.05, 0.1) is 33.8 Å². The van der Waals surface area contributed by atoms with Gasteiger partial charge >= 0.3 is 0 Å². The molecule has 1 atom stereocenters. The monoisotopic (exact) mass is 752 g/mol. The maximum Gasteiger partial charge on any atom is 0.209 e. The molecule has 0 saturated heterocycles. The first-order valence-electron chi connectivity index (χ1n) is 20.8. The molecule has 0 spiro atoms. The van der Waals surface area contributed by atoms with Gasteiger partial charge in [-0.25, -0.2) is 4.99 Å². The van der Waals surface area contributed by atoms with Crippen LogP contribution in [-0.4, -0.2) is 14.9 Å². The molecule has 11 aromatic rings. The molecule has 3 aromatic heterocycles. The van der Waals surface area contributed by atoms with Crippen LogP contribution in [0.25, 0.3) is 82.5 Å². The van der Waals surface area contributed by atoms with E-state index in [4.69, 9.17) is 4.99 Å². The first-order valence-corrected chi connectivity index (χ1v) is 20.8. The lowest BCUT2D eigenvalue weighted by atomic mass is 9.88. The molecule has 3 aliphatic rings. The molecular formula is C55H36N4. The molecule has 1 unspecified atom stereocenters. The van der Waals surface area contributed by atoms with Crippen LogP contribution in [-0.2, 0) is 12.8 Å². The Bertz CT molecular complexity index is 3600. The molecule has 14 rings (SSSR count). The number of aromatic nitrogens is 2. The van der Waals surface area contributed by atoms with Crippen molar-refractivity contribution >= 4 is 83.1 Å². The summed E-state index contributed by atoms with van der Waals surface area (Å²) in [4.78, 5) is 5.61. The van der Waals surface area contributed by atoms with Crippen molar-refractivity contribution in [3.05, 3.63) is 203 Å². The zero-order chi connectivity index (χ0) is 38.3. The van der Waals surface area contributed by atoms with Gasteiger partial charge in [0.15, 0.2) is 0 Å². The fourth-order valence-corrected chi connectivity index (χ4v) is 11.1. The first-order chi connectivity index (χ1) is 29.3. The number of nitrogens with zero attached hydrogens (tertiary/aromatic N) is 3. The highest BCUT2D eigenvalue weighted by Gasteiger charge is 2.33. The molecule has 0 saturated carbocycles. The van der Waals surface area contributed by atoms with Crippen molar-refractivity contribution in [2.24, 2.45) is 4.99 Å². The minimum atomic E-state index is -0.0671. The molecule has 59 heavy (non-hydrogen) atoms. The van der Waals surface area contributed by atoms with Crippen LogP contribution in [0.1, 0.15) is 51.5 Å². The molecule has 0 bridgehead atoms. The van der Waals surface area contributed by atoms with Gasteiger partial charge in [0.1, 0.15) is 0 Å². The largest absolute Gasteiger partial charge is 0.344 e. The predicted octanol–water partition coefficient (Wildman–Crippen LogP) is 13.2. The Balaban J connectivity index is 0.969. The van der Waals surface area contributed by atoms with E-state index in [2.05, 4.69) is 184 Å². The number of benzene rings is 8. The van der Waals surface area contributed by atoms with Crippen molar-refractivity contribution in [1.29, 1.82) is 0 Å². The highest BCUT2D eigenvalue weighted by atomic mass is 15.2. The second kappa shape index (κ2) is 11.6. The molecule has 0 radical (unpaired) electrons. The van der Waals surface area contributed by atoms with Crippen LogP contribution in [0.5, 0.6) is 0 Å². The SMILES string of the molecule is C1=C(c2cc3c4ccccc4n4c5ccccc5c(c2)c34)CCc2c1c1ccccc1n2C1=Nc2c(ccc3ccccc23)C(c2cccc3c2Cc2ccccc2-3)N1. The van der Waals surface area contributed by atoms with E-state index < -0.39 is 0 Å². The summed E-state index contributed by atoms with van der Waals surface area (Å²) in [5, 5.41) is 13.0. The third-order valence-electron chi connectivity index (χ3n) is 13.7. The van der Waals surface area contributed by atoms with Crippen LogP contribution in [0.2, 0.25) is 0 Å². The molecule has 4 heterocycles. The lowest BCUT2D eigenvalue weighted by Crippen LogP contribution is -2.38. The van der Waals surface area contributed by atoms with E-state index in [-0.39, 0.29) is 6.04 Å². The van der Waals surface area contributed by atoms with Crippen molar-refractivity contribution in [2.75, 3.05) is 0 Å². The van der Waals surface area contributed by atoms with Crippen molar-refractivity contribution in [3.8, 4) is 11.1 Å². The molecule has 4 nitrogen and oxygen atoms in total. The van der Waals surface area contributed by atoms with Crippen molar-refractivity contribution in [1.82, 2.24) is 14.3 Å². The lowest BCUT2D eigenvalue weighted by Gasteiger charge is -2.31. The van der Waals surface area contributed by atoms with Gasteiger partial charge in [0.2, 0.25) is 5.96 Å². The van der Waals surface area contributed by atoms with Crippen molar-refractivity contribution in [2.45, 2.75) is 25.3 Å². The third-order valence-corrected chi connectivity index (χ3v) is 13.7. The van der Waals surface area contributed by atoms with Gasteiger partial charge < -0.3 is 9.72 Å². The van der Waals surface area contributed by atoms with Crippen LogP contribution in [0.15, 0.2) is 169 Å². The summed E-state index contributed by atoms with van der Waals surface area (Å²) in [6, 6.07) is 60.5. The van der Waals surface area contributed by atoms with E-state index >= 15 is 0 Å². The maximum absolute atomic E-state index is 5.61. The fraction of sp³-hybridized carbons (Fsp3) is 0.0727. The van der Waals surface area contributed by atoms with Gasteiger partial charge in [0.25, 0.3) is 0 Å². The Labute approximate surface area is 340 Å². The zero-order valence-corrected chi connectivity index (χ0v) is 32.2. The van der Waals surface area contributed by atoms with Crippen LogP contribution >= 0.6 is 0 Å². The minimum Gasteiger partial charge on any atom is -0.344 e. The quantitative estimate of drug-likeness (QED) is 0.187. The highest BCUT2D eigenvalue weighted by Crippen LogP contribution is 2.47. The second-order valence-corrected chi connectivity index (χ2v) is 16.6. The van der Waals surface area contributed by atoms with E-state index in [1.807, 2.05) is 0 Å². The van der Waals surface area contributed by atoms with Crippen molar-refractivity contribution < 1.29 is 0 Å². The standard InChI is InChI=1S/C55H36N4/c1-4-15-37-32(12-1)24-26-43-52(37)56-55(57-53(43)42-20-11-19-38-36-14-3-2-13-34(36)29-44(38)42)59-50-23-10-5-16-39(50)45-28-33(25-27-51(45)59)35-30-46-40-17-6-8-21-48(40)58-49-22-9-7-18-41(49)47(31-35)54(46)58/h1-24,26,28,30-31,53H,25,27,29H2,(H,56,57). The van der Waals surface area contributed by atoms with Gasteiger partial charge in [0, 0.05) is 49.1 Å². The molecule has 0 amide bonds. The highest BCUT2D eigenvalue weighted by molar-refractivity contribution is 6.24. The number of aliphatic imine (C=N–C) groups is 1. The Kier molecular flexibility index (Phi) is 6.21. The summed E-state index contributed by atoms with van der Waals surface area (Å²) in [7, 11) is 0. The van der Waals surface area contributed by atoms with Gasteiger partial charge in [-0.3, -0.25) is 4.57 Å². The van der Waals surface area contributed by atoms with E-state index in [9.17, 15) is 0 Å². The van der Waals surface area contributed by atoms with Gasteiger partial charge in [-0.05, 0) is 100 Å². The van der Waals surface area contributed by atoms with Crippen LogP contribution in [0.4, 0.5) is 5.69 Å². The average Bonchev–Trinajstić information content (AvgIpc) is 4.04. The number of fused-ring (bicyclic) bond motifs is 15. The van der Waals surface area contributed by atoms with E-state index in [1.54, 1.807) is 0 Å². The molecule has 1 aliphatic heterocycles. The predicted molar refractivity (Wildman–Crippen MR) is 245 cm³/mol. The minimum absolute atomic E-state index is 0.0671. The molecule has 0 fully saturated rings. The number of allylic oxidation sites excluding steroid dienone is 1. The Morgan fingerprint density at radius 3 is 2.03 bits per heavy atom. The third kappa shape index (κ3) is 4.25. The van der Waals surface area contributed by atoms with Gasteiger partial charge in [-0.1, -0.05) is 133 Å². The molecule has 1 N–H and O–H groups in total. The smallest absolute Gasteiger partial charge is 0.209 e. The number of nitrogens with one attached hydrogen (secondary N) is 1. The summed E-state index contributed by atoms with van der Waals surface area (Å²) in [6.45, 7) is 0. The fourth-order valence-electron chi connectivity index (χ4n) is 11.1. The number of rotatable bonds is 2. The van der Waals surface area contributed by atoms with Gasteiger partial charge in [-0.2, -0.15) is 0 Å². The van der Waals surface area contributed by atoms with Crippen LogP contribution in [0.3, 0.4) is 0 Å². The summed E-state index contributed by atoms with van der Waals surface area (Å²) in [6.07, 6.45) is 5.27. The Hall–Kier alpha value is -7.43. The summed E-state index contributed by atoms with van der Waals surface area (Å²) >= 11 is 0. The zero-order valence-electron chi connectivity index (χ0n) is 32.2. The molecule has 4 heteroatoms. The molecule has 8 aromatic carbocycles. The van der Waals surface area contributed by atoms with Gasteiger partial charge in [-0.15, -0.1) is 0 Å². The van der Waals surface area contributed by atoms with Crippen molar-refractivity contribution in [3.63, 3.8) is 0 Å². The number of hydrogen-bond donors (Lipinski definition) is 1. The summed E-state index contributed by atoms with van der Waals surface area (Å²) < 4.78 is 4.91. The number of hydrogen-bond acceptors (Lipinski definition) is 2. The first kappa shape index (κ1) is 31.6. The molecular weight excluding hydrogens is 717 g/mol. The van der Waals surface area contributed by atoms with Crippen LogP contribution in [0, 0.1) is 0 Å². The normalized spacial score (nSPS) is 15.8. The Morgan fingerprint density at radius 1 is 0.542 bits per heavy atom. The van der Waals surface area contributed by atoms with E-state index in [0.29, 0.717) is 0 Å². The average molecular weight is 753 g/mol. The topological polar surface area (TPSA) is 33.7 Å². The summed E-state index contributed by atoms with van der Waals surface area (Å²) in [5.41, 5.74) is 19.4. The van der Waals surface area contributed by atoms with E-state index in [1.165, 1.54) is 116 Å².